The third-order valence-corrected chi connectivity index (χ3v) is 4.01. The number of hydrogen-bond acceptors (Lipinski definition) is 1. The Hall–Kier alpha value is -0.830. The van der Waals surface area contributed by atoms with Gasteiger partial charge in [-0.1, -0.05) is 41.3 Å². The second-order valence-electron chi connectivity index (χ2n) is 4.72. The van der Waals surface area contributed by atoms with Crippen LogP contribution < -0.4 is 0 Å². The first kappa shape index (κ1) is 12.6. The topological polar surface area (TPSA) is 20.3 Å². The number of nitrogens with zero attached hydrogens (tertiary/aromatic N) is 1. The maximum absolute atomic E-state index is 12.3. The summed E-state index contributed by atoms with van der Waals surface area (Å²) in [4.78, 5) is 14.2. The van der Waals surface area contributed by atoms with E-state index in [1.807, 2.05) is 36.2 Å². The highest BCUT2D eigenvalue weighted by atomic mass is 79.9. The number of rotatable bonds is 2. The quantitative estimate of drug-likeness (QED) is 0.811. The van der Waals surface area contributed by atoms with Crippen molar-refractivity contribution in [2.75, 3.05) is 7.05 Å². The van der Waals surface area contributed by atoms with Gasteiger partial charge in [-0.2, -0.15) is 0 Å². The standard InChI is InChI=1S/C14H18BrNO/c1-16(13-8-3-2-4-9-13)14(17)11-6-5-7-12(15)10-11/h5-7,10,13H,2-4,8-9H2,1H3. The van der Waals surface area contributed by atoms with Crippen molar-refractivity contribution in [2.45, 2.75) is 38.1 Å². The van der Waals surface area contributed by atoms with E-state index in [2.05, 4.69) is 15.9 Å². The van der Waals surface area contributed by atoms with Gasteiger partial charge in [-0.3, -0.25) is 4.79 Å². The molecule has 17 heavy (non-hydrogen) atoms. The molecule has 2 nitrogen and oxygen atoms in total. The molecule has 2 rings (SSSR count). The van der Waals surface area contributed by atoms with Gasteiger partial charge in [0.2, 0.25) is 0 Å². The Morgan fingerprint density at radius 1 is 1.29 bits per heavy atom. The fourth-order valence-corrected chi connectivity index (χ4v) is 2.86. The van der Waals surface area contributed by atoms with Gasteiger partial charge >= 0.3 is 0 Å². The third kappa shape index (κ3) is 3.09. The fraction of sp³-hybridized carbons (Fsp3) is 0.500. The van der Waals surface area contributed by atoms with Gasteiger partial charge < -0.3 is 4.90 Å². The molecule has 0 atom stereocenters. The minimum Gasteiger partial charge on any atom is -0.339 e. The fourth-order valence-electron chi connectivity index (χ4n) is 2.46. The zero-order chi connectivity index (χ0) is 12.3. The molecule has 1 aliphatic rings. The van der Waals surface area contributed by atoms with Crippen molar-refractivity contribution in [2.24, 2.45) is 0 Å². The third-order valence-electron chi connectivity index (χ3n) is 3.51. The van der Waals surface area contributed by atoms with Crippen LogP contribution in [0.1, 0.15) is 42.5 Å². The van der Waals surface area contributed by atoms with E-state index in [1.165, 1.54) is 19.3 Å². The Labute approximate surface area is 111 Å². The molecule has 0 spiro atoms. The number of benzene rings is 1. The summed E-state index contributed by atoms with van der Waals surface area (Å²) in [7, 11) is 1.93. The van der Waals surface area contributed by atoms with E-state index >= 15 is 0 Å². The van der Waals surface area contributed by atoms with Crippen LogP contribution >= 0.6 is 15.9 Å². The van der Waals surface area contributed by atoms with Crippen LogP contribution in [0.3, 0.4) is 0 Å². The summed E-state index contributed by atoms with van der Waals surface area (Å²) in [6.07, 6.45) is 6.11. The lowest BCUT2D eigenvalue weighted by Crippen LogP contribution is -2.38. The summed E-state index contributed by atoms with van der Waals surface area (Å²) in [5.74, 6) is 0.137. The van der Waals surface area contributed by atoms with Gasteiger partial charge in [0, 0.05) is 23.1 Å². The highest BCUT2D eigenvalue weighted by Gasteiger charge is 2.22. The normalized spacial score (nSPS) is 16.8. The van der Waals surface area contributed by atoms with Crippen molar-refractivity contribution in [3.63, 3.8) is 0 Å². The molecule has 0 aliphatic heterocycles. The van der Waals surface area contributed by atoms with Crippen molar-refractivity contribution >= 4 is 21.8 Å². The molecule has 1 aromatic rings. The molecule has 3 heteroatoms. The molecule has 1 aromatic carbocycles. The average molecular weight is 296 g/mol. The Morgan fingerprint density at radius 2 is 2.00 bits per heavy atom. The minimum absolute atomic E-state index is 0.137. The maximum Gasteiger partial charge on any atom is 0.253 e. The molecule has 0 N–H and O–H groups in total. The summed E-state index contributed by atoms with van der Waals surface area (Å²) in [6.45, 7) is 0. The van der Waals surface area contributed by atoms with Crippen molar-refractivity contribution < 1.29 is 4.79 Å². The molecule has 1 fully saturated rings. The van der Waals surface area contributed by atoms with Gasteiger partial charge in [-0.05, 0) is 31.0 Å². The summed E-state index contributed by atoms with van der Waals surface area (Å²) >= 11 is 3.40. The molecule has 0 saturated heterocycles. The summed E-state index contributed by atoms with van der Waals surface area (Å²) in [5, 5.41) is 0. The SMILES string of the molecule is CN(C(=O)c1cccc(Br)c1)C1CCCCC1. The van der Waals surface area contributed by atoms with E-state index in [9.17, 15) is 4.79 Å². The second-order valence-corrected chi connectivity index (χ2v) is 5.63. The number of amides is 1. The van der Waals surface area contributed by atoms with Crippen LogP contribution in [0.25, 0.3) is 0 Å². The van der Waals surface area contributed by atoms with Crippen LogP contribution in [-0.4, -0.2) is 23.9 Å². The largest absolute Gasteiger partial charge is 0.339 e. The highest BCUT2D eigenvalue weighted by molar-refractivity contribution is 9.10. The van der Waals surface area contributed by atoms with Crippen molar-refractivity contribution in [1.29, 1.82) is 0 Å². The number of carbonyl (C=O) groups is 1. The van der Waals surface area contributed by atoms with Gasteiger partial charge in [0.15, 0.2) is 0 Å². The van der Waals surface area contributed by atoms with Gasteiger partial charge in [0.25, 0.3) is 5.91 Å². The van der Waals surface area contributed by atoms with Crippen LogP contribution in [0.5, 0.6) is 0 Å². The molecule has 0 aromatic heterocycles. The first-order valence-electron chi connectivity index (χ1n) is 6.21. The van der Waals surface area contributed by atoms with Crippen molar-refractivity contribution in [1.82, 2.24) is 4.90 Å². The van der Waals surface area contributed by atoms with E-state index in [4.69, 9.17) is 0 Å². The molecular formula is C14H18BrNO. The molecule has 1 saturated carbocycles. The Balaban J connectivity index is 2.08. The summed E-state index contributed by atoms with van der Waals surface area (Å²) in [5.41, 5.74) is 0.771. The molecule has 0 heterocycles. The summed E-state index contributed by atoms with van der Waals surface area (Å²) < 4.78 is 0.959. The highest BCUT2D eigenvalue weighted by Crippen LogP contribution is 2.23. The van der Waals surface area contributed by atoms with Gasteiger partial charge in [-0.25, -0.2) is 0 Å². The average Bonchev–Trinajstić information content (AvgIpc) is 2.38. The van der Waals surface area contributed by atoms with E-state index in [0.29, 0.717) is 6.04 Å². The lowest BCUT2D eigenvalue weighted by atomic mass is 9.94. The zero-order valence-electron chi connectivity index (χ0n) is 10.2. The van der Waals surface area contributed by atoms with Crippen LogP contribution in [0, 0.1) is 0 Å². The molecule has 1 aliphatic carbocycles. The molecule has 0 unspecified atom stereocenters. The predicted molar refractivity (Wildman–Crippen MR) is 73.1 cm³/mol. The summed E-state index contributed by atoms with van der Waals surface area (Å²) in [6, 6.07) is 8.05. The smallest absolute Gasteiger partial charge is 0.253 e. The first-order valence-corrected chi connectivity index (χ1v) is 7.00. The zero-order valence-corrected chi connectivity index (χ0v) is 11.7. The Bertz CT molecular complexity index is 399. The van der Waals surface area contributed by atoms with E-state index in [0.717, 1.165) is 22.9 Å². The number of halogens is 1. The monoisotopic (exact) mass is 295 g/mol. The van der Waals surface area contributed by atoms with Crippen LogP contribution in [-0.2, 0) is 0 Å². The van der Waals surface area contributed by atoms with Gasteiger partial charge in [0.1, 0.15) is 0 Å². The Kier molecular flexibility index (Phi) is 4.21. The molecule has 0 bridgehead atoms. The lowest BCUT2D eigenvalue weighted by molar-refractivity contribution is 0.0696. The molecular weight excluding hydrogens is 278 g/mol. The van der Waals surface area contributed by atoms with Crippen molar-refractivity contribution in [3.05, 3.63) is 34.3 Å². The van der Waals surface area contributed by atoms with Gasteiger partial charge in [-0.15, -0.1) is 0 Å². The minimum atomic E-state index is 0.137. The molecule has 92 valence electrons. The Morgan fingerprint density at radius 3 is 2.65 bits per heavy atom. The number of hydrogen-bond donors (Lipinski definition) is 0. The maximum atomic E-state index is 12.3. The molecule has 1 amide bonds. The van der Waals surface area contributed by atoms with Gasteiger partial charge in [0.05, 0.1) is 0 Å². The van der Waals surface area contributed by atoms with Crippen LogP contribution in [0.15, 0.2) is 28.7 Å². The number of carbonyl (C=O) groups excluding carboxylic acids is 1. The van der Waals surface area contributed by atoms with E-state index in [-0.39, 0.29) is 5.91 Å². The van der Waals surface area contributed by atoms with E-state index < -0.39 is 0 Å². The molecule has 0 radical (unpaired) electrons. The van der Waals surface area contributed by atoms with Crippen LogP contribution in [0.4, 0.5) is 0 Å². The van der Waals surface area contributed by atoms with Crippen molar-refractivity contribution in [3.8, 4) is 0 Å². The van der Waals surface area contributed by atoms with E-state index in [1.54, 1.807) is 0 Å². The second kappa shape index (κ2) is 5.67. The van der Waals surface area contributed by atoms with Crippen LogP contribution in [0.2, 0.25) is 0 Å². The first-order chi connectivity index (χ1) is 8.18. The predicted octanol–water partition coefficient (Wildman–Crippen LogP) is 3.85. The lowest BCUT2D eigenvalue weighted by Gasteiger charge is -2.31.